The Hall–Kier alpha value is -2.56. The summed E-state index contributed by atoms with van der Waals surface area (Å²) < 4.78 is 2.22. The van der Waals surface area contributed by atoms with Gasteiger partial charge in [-0.3, -0.25) is 9.59 Å². The van der Waals surface area contributed by atoms with Crippen molar-refractivity contribution in [3.63, 3.8) is 0 Å². The molecule has 1 aromatic heterocycles. The Balaban J connectivity index is 2.13. The Kier molecular flexibility index (Phi) is 10.5. The highest BCUT2D eigenvalue weighted by molar-refractivity contribution is 5.84. The maximum absolute atomic E-state index is 13.3. The van der Waals surface area contributed by atoms with Gasteiger partial charge in [0.15, 0.2) is 0 Å². The van der Waals surface area contributed by atoms with Gasteiger partial charge in [-0.1, -0.05) is 63.9 Å². The first-order chi connectivity index (χ1) is 15.3. The highest BCUT2D eigenvalue weighted by Crippen LogP contribution is 2.14. The van der Waals surface area contributed by atoms with Crippen molar-refractivity contribution in [1.29, 1.82) is 0 Å². The number of aromatic nitrogens is 1. The molecule has 0 spiro atoms. The van der Waals surface area contributed by atoms with Crippen molar-refractivity contribution in [3.8, 4) is 0 Å². The zero-order chi connectivity index (χ0) is 23.5. The summed E-state index contributed by atoms with van der Waals surface area (Å²) in [6, 6.07) is 12.7. The lowest BCUT2D eigenvalue weighted by atomic mass is 10.1. The number of carbonyl (C=O) groups is 2. The van der Waals surface area contributed by atoms with Crippen LogP contribution in [0.5, 0.6) is 0 Å². The fraction of sp³-hybridized carbons (Fsp3) is 0.556. The van der Waals surface area contributed by atoms with E-state index in [1.54, 1.807) is 4.90 Å². The van der Waals surface area contributed by atoms with Crippen molar-refractivity contribution in [2.75, 3.05) is 19.6 Å². The van der Waals surface area contributed by atoms with Gasteiger partial charge < -0.3 is 14.4 Å². The topological polar surface area (TPSA) is 45.6 Å². The van der Waals surface area contributed by atoms with Crippen molar-refractivity contribution >= 4 is 11.8 Å². The first-order valence-electron chi connectivity index (χ1n) is 12.1. The molecule has 0 bridgehead atoms. The van der Waals surface area contributed by atoms with Crippen molar-refractivity contribution in [1.82, 2.24) is 14.4 Å². The number of benzene rings is 1. The zero-order valence-corrected chi connectivity index (χ0v) is 20.6. The number of amides is 2. The fourth-order valence-corrected chi connectivity index (χ4v) is 3.78. The monoisotopic (exact) mass is 439 g/mol. The molecule has 1 aromatic carbocycles. The number of carbonyl (C=O) groups excluding carboxylic acids is 2. The average Bonchev–Trinajstić information content (AvgIpc) is 3.19. The van der Waals surface area contributed by atoms with Crippen molar-refractivity contribution in [3.05, 3.63) is 59.4 Å². The van der Waals surface area contributed by atoms with Crippen molar-refractivity contribution in [2.45, 2.75) is 73.4 Å². The highest BCUT2D eigenvalue weighted by atomic mass is 16.2. The summed E-state index contributed by atoms with van der Waals surface area (Å²) in [4.78, 5) is 29.4. The molecular formula is C27H41N3O2. The molecular weight excluding hydrogens is 398 g/mol. The summed E-state index contributed by atoms with van der Waals surface area (Å²) in [7, 11) is 0. The number of rotatable bonds is 13. The Labute approximate surface area is 194 Å². The molecule has 176 valence electrons. The Morgan fingerprint density at radius 2 is 1.78 bits per heavy atom. The van der Waals surface area contributed by atoms with E-state index < -0.39 is 0 Å². The molecule has 0 aliphatic rings. The molecule has 1 heterocycles. The molecule has 5 nitrogen and oxygen atoms in total. The van der Waals surface area contributed by atoms with E-state index in [1.165, 1.54) is 11.1 Å². The van der Waals surface area contributed by atoms with E-state index in [0.717, 1.165) is 31.5 Å². The molecule has 0 saturated heterocycles. The van der Waals surface area contributed by atoms with Gasteiger partial charge in [-0.05, 0) is 43.4 Å². The normalized spacial score (nSPS) is 11.1. The lowest BCUT2D eigenvalue weighted by Gasteiger charge is -2.28. The summed E-state index contributed by atoms with van der Waals surface area (Å²) >= 11 is 0. The molecule has 2 rings (SSSR count). The van der Waals surface area contributed by atoms with Gasteiger partial charge in [0, 0.05) is 37.9 Å². The molecule has 0 saturated carbocycles. The highest BCUT2D eigenvalue weighted by Gasteiger charge is 2.21. The van der Waals surface area contributed by atoms with E-state index in [2.05, 4.69) is 68.8 Å². The van der Waals surface area contributed by atoms with Gasteiger partial charge in [0.25, 0.3) is 0 Å². The fourth-order valence-electron chi connectivity index (χ4n) is 3.78. The van der Waals surface area contributed by atoms with Gasteiger partial charge >= 0.3 is 0 Å². The van der Waals surface area contributed by atoms with Gasteiger partial charge in [-0.25, -0.2) is 0 Å². The summed E-state index contributed by atoms with van der Waals surface area (Å²) in [5, 5.41) is 0. The third-order valence-corrected chi connectivity index (χ3v) is 5.80. The molecule has 0 atom stereocenters. The molecule has 0 fully saturated rings. The maximum atomic E-state index is 13.3. The van der Waals surface area contributed by atoms with Crippen LogP contribution >= 0.6 is 0 Å². The van der Waals surface area contributed by atoms with Crippen LogP contribution in [0.2, 0.25) is 0 Å². The van der Waals surface area contributed by atoms with Crippen LogP contribution in [-0.4, -0.2) is 45.8 Å². The van der Waals surface area contributed by atoms with Gasteiger partial charge in [0.05, 0.1) is 13.1 Å². The van der Waals surface area contributed by atoms with Gasteiger partial charge in [-0.2, -0.15) is 0 Å². The standard InChI is InChI=1S/C27H41N3O2/c1-6-8-15-29(27(32)21-30(26(31)7-2)17-14-22(3)4)20-25-13-10-16-28(25)19-24-12-9-11-23(5)18-24/h9-13,16,18,22H,6-8,14-15,17,19-21H2,1-5H3. The third kappa shape index (κ3) is 8.18. The average molecular weight is 440 g/mol. The zero-order valence-electron chi connectivity index (χ0n) is 20.6. The predicted octanol–water partition coefficient (Wildman–Crippen LogP) is 5.26. The predicted molar refractivity (Wildman–Crippen MR) is 131 cm³/mol. The lowest BCUT2D eigenvalue weighted by Crippen LogP contribution is -2.43. The Morgan fingerprint density at radius 1 is 1.00 bits per heavy atom. The van der Waals surface area contributed by atoms with E-state index in [0.29, 0.717) is 32.0 Å². The van der Waals surface area contributed by atoms with Crippen LogP contribution < -0.4 is 0 Å². The summed E-state index contributed by atoms with van der Waals surface area (Å²) in [6.07, 6.45) is 5.40. The first-order valence-corrected chi connectivity index (χ1v) is 12.1. The van der Waals surface area contributed by atoms with Crippen molar-refractivity contribution in [2.24, 2.45) is 5.92 Å². The van der Waals surface area contributed by atoms with Crippen LogP contribution in [0.1, 0.15) is 70.2 Å². The minimum absolute atomic E-state index is 0.0345. The minimum atomic E-state index is 0.0345. The van der Waals surface area contributed by atoms with Crippen LogP contribution in [0.3, 0.4) is 0 Å². The molecule has 2 amide bonds. The van der Waals surface area contributed by atoms with Crippen molar-refractivity contribution < 1.29 is 9.59 Å². The Bertz CT molecular complexity index is 856. The molecule has 0 N–H and O–H groups in total. The number of unbranched alkanes of at least 4 members (excludes halogenated alkanes) is 1. The van der Waals surface area contributed by atoms with Crippen LogP contribution in [0, 0.1) is 12.8 Å². The maximum Gasteiger partial charge on any atom is 0.242 e. The molecule has 32 heavy (non-hydrogen) atoms. The minimum Gasteiger partial charge on any atom is -0.345 e. The molecule has 0 aliphatic carbocycles. The Morgan fingerprint density at radius 3 is 2.44 bits per heavy atom. The quantitative estimate of drug-likeness (QED) is 0.427. The van der Waals surface area contributed by atoms with E-state index in [1.807, 2.05) is 17.9 Å². The molecule has 0 unspecified atom stereocenters. The number of nitrogens with zero attached hydrogens (tertiary/aromatic N) is 3. The summed E-state index contributed by atoms with van der Waals surface area (Å²) in [5.74, 6) is 0.586. The SMILES string of the molecule is CCCCN(Cc1cccn1Cc1cccc(C)c1)C(=O)CN(CCC(C)C)C(=O)CC. The number of aryl methyl sites for hydroxylation is 1. The second-order valence-electron chi connectivity index (χ2n) is 9.14. The lowest BCUT2D eigenvalue weighted by molar-refractivity contribution is -0.141. The van der Waals surface area contributed by atoms with E-state index in [4.69, 9.17) is 0 Å². The van der Waals surface area contributed by atoms with Gasteiger partial charge in [0.1, 0.15) is 0 Å². The van der Waals surface area contributed by atoms with Crippen LogP contribution in [-0.2, 0) is 22.7 Å². The van der Waals surface area contributed by atoms with Gasteiger partial charge in [-0.15, -0.1) is 0 Å². The summed E-state index contributed by atoms with van der Waals surface area (Å²) in [6.45, 7) is 13.3. The van der Waals surface area contributed by atoms with E-state index >= 15 is 0 Å². The molecule has 0 radical (unpaired) electrons. The molecule has 2 aromatic rings. The first kappa shape index (κ1) is 25.7. The summed E-state index contributed by atoms with van der Waals surface area (Å²) in [5.41, 5.74) is 3.62. The van der Waals surface area contributed by atoms with Crippen LogP contribution in [0.25, 0.3) is 0 Å². The largest absolute Gasteiger partial charge is 0.345 e. The molecule has 0 aliphatic heterocycles. The smallest absolute Gasteiger partial charge is 0.242 e. The van der Waals surface area contributed by atoms with E-state index in [9.17, 15) is 9.59 Å². The number of hydrogen-bond acceptors (Lipinski definition) is 2. The van der Waals surface area contributed by atoms with Crippen LogP contribution in [0.15, 0.2) is 42.6 Å². The second-order valence-corrected chi connectivity index (χ2v) is 9.14. The van der Waals surface area contributed by atoms with Crippen LogP contribution in [0.4, 0.5) is 0 Å². The number of hydrogen-bond donors (Lipinski definition) is 0. The van der Waals surface area contributed by atoms with E-state index in [-0.39, 0.29) is 18.4 Å². The molecule has 5 heteroatoms. The second kappa shape index (κ2) is 13.1. The van der Waals surface area contributed by atoms with Gasteiger partial charge in [0.2, 0.25) is 11.8 Å². The third-order valence-electron chi connectivity index (χ3n) is 5.80.